The van der Waals surface area contributed by atoms with E-state index in [1.807, 2.05) is 0 Å². The Labute approximate surface area is 110 Å². The van der Waals surface area contributed by atoms with E-state index in [0.29, 0.717) is 0 Å². The molecule has 0 aromatic heterocycles. The van der Waals surface area contributed by atoms with E-state index in [0.717, 1.165) is 0 Å². The maximum absolute atomic E-state index is 12.0. The van der Waals surface area contributed by atoms with Crippen molar-refractivity contribution in [2.24, 2.45) is 5.73 Å². The average Bonchev–Trinajstić information content (AvgIpc) is 2.14. The summed E-state index contributed by atoms with van der Waals surface area (Å²) in [5.74, 6) is -0.233. The molecule has 1 fully saturated rings. The highest BCUT2D eigenvalue weighted by molar-refractivity contribution is 5.85. The van der Waals surface area contributed by atoms with Crippen LogP contribution in [0.15, 0.2) is 0 Å². The molecule has 0 unspecified atom stereocenters. The molecule has 2 N–H and O–H groups in total. The highest BCUT2D eigenvalue weighted by Gasteiger charge is 2.38. The number of rotatable bonds is 2. The van der Waals surface area contributed by atoms with Crippen molar-refractivity contribution in [2.45, 2.75) is 51.2 Å². The second-order valence-electron chi connectivity index (χ2n) is 4.38. The molecule has 0 saturated carbocycles. The van der Waals surface area contributed by atoms with Crippen LogP contribution in [-0.4, -0.2) is 41.9 Å². The number of nitrogens with two attached hydrogens (primary N) is 1. The Hall–Kier alpha value is -0.530. The van der Waals surface area contributed by atoms with Gasteiger partial charge in [0.05, 0.1) is 12.1 Å². The summed E-state index contributed by atoms with van der Waals surface area (Å²) in [5, 5.41) is 0. The topological polar surface area (TPSA) is 55.6 Å². The van der Waals surface area contributed by atoms with Crippen LogP contribution in [0.5, 0.6) is 0 Å². The summed E-state index contributed by atoms with van der Waals surface area (Å²) in [6.45, 7) is 3.52. The zero-order chi connectivity index (χ0) is 13.2. The van der Waals surface area contributed by atoms with Gasteiger partial charge in [-0.05, 0) is 26.7 Å². The first-order valence-electron chi connectivity index (χ1n) is 5.51. The maximum atomic E-state index is 12.0. The number of hydrogen-bond acceptors (Lipinski definition) is 3. The highest BCUT2D eigenvalue weighted by Crippen LogP contribution is 2.27. The van der Waals surface area contributed by atoms with E-state index in [1.54, 1.807) is 13.8 Å². The summed E-state index contributed by atoms with van der Waals surface area (Å²) in [4.78, 5) is 13.2. The van der Waals surface area contributed by atoms with Gasteiger partial charge in [0, 0.05) is 12.6 Å². The van der Waals surface area contributed by atoms with Gasteiger partial charge in [0.25, 0.3) is 0 Å². The summed E-state index contributed by atoms with van der Waals surface area (Å²) < 4.78 is 40.1. The zero-order valence-electron chi connectivity index (χ0n) is 10.2. The van der Waals surface area contributed by atoms with Crippen LogP contribution >= 0.6 is 12.4 Å². The fourth-order valence-corrected chi connectivity index (χ4v) is 2.01. The van der Waals surface area contributed by atoms with Crippen LogP contribution < -0.4 is 5.73 Å². The first kappa shape index (κ1) is 17.5. The van der Waals surface area contributed by atoms with E-state index >= 15 is 0 Å². The number of piperidine rings is 1. The quantitative estimate of drug-likeness (QED) is 0.842. The molecule has 0 bridgehead atoms. The maximum Gasteiger partial charge on any atom is 0.522 e. The first-order chi connectivity index (χ1) is 7.70. The van der Waals surface area contributed by atoms with E-state index in [-0.39, 0.29) is 43.7 Å². The molecule has 1 heterocycles. The predicted octanol–water partition coefficient (Wildman–Crippen LogP) is 1.67. The first-order valence-corrected chi connectivity index (χ1v) is 5.51. The summed E-state index contributed by atoms with van der Waals surface area (Å²) in [7, 11) is 0. The third-order valence-electron chi connectivity index (χ3n) is 2.80. The lowest BCUT2D eigenvalue weighted by atomic mass is 10.00. The van der Waals surface area contributed by atoms with Crippen LogP contribution in [0.4, 0.5) is 13.2 Å². The molecule has 1 aliphatic rings. The smallest absolute Gasteiger partial charge is 0.338 e. The summed E-state index contributed by atoms with van der Waals surface area (Å²) in [6.07, 6.45) is -5.13. The molecule has 8 heteroatoms. The van der Waals surface area contributed by atoms with Crippen molar-refractivity contribution in [3.63, 3.8) is 0 Å². The minimum absolute atomic E-state index is 0. The van der Waals surface area contributed by atoms with E-state index in [9.17, 15) is 18.0 Å². The van der Waals surface area contributed by atoms with Crippen molar-refractivity contribution in [1.82, 2.24) is 4.90 Å². The van der Waals surface area contributed by atoms with Crippen LogP contribution in [0.2, 0.25) is 0 Å². The highest BCUT2D eigenvalue weighted by atomic mass is 35.5. The van der Waals surface area contributed by atoms with Gasteiger partial charge >= 0.3 is 6.36 Å². The molecule has 1 aliphatic heterocycles. The predicted molar refractivity (Wildman–Crippen MR) is 62.2 cm³/mol. The number of halogens is 4. The third-order valence-corrected chi connectivity index (χ3v) is 2.80. The van der Waals surface area contributed by atoms with Crippen LogP contribution in [0.1, 0.15) is 26.7 Å². The fourth-order valence-electron chi connectivity index (χ4n) is 2.01. The molecular formula is C10H18ClF3N2O2. The minimum atomic E-state index is -4.61. The van der Waals surface area contributed by atoms with Gasteiger partial charge in [-0.3, -0.25) is 9.53 Å². The number of alkyl halides is 3. The summed E-state index contributed by atoms with van der Waals surface area (Å²) in [6, 6.07) is -0.910. The molecule has 0 aliphatic carbocycles. The lowest BCUT2D eigenvalue weighted by Crippen LogP contribution is -2.52. The number of ether oxygens (including phenoxy) is 1. The van der Waals surface area contributed by atoms with E-state index in [4.69, 9.17) is 5.73 Å². The zero-order valence-corrected chi connectivity index (χ0v) is 11.1. The monoisotopic (exact) mass is 290 g/mol. The van der Waals surface area contributed by atoms with Crippen LogP contribution in [0.3, 0.4) is 0 Å². The molecule has 18 heavy (non-hydrogen) atoms. The van der Waals surface area contributed by atoms with Crippen molar-refractivity contribution in [1.29, 1.82) is 0 Å². The molecule has 0 radical (unpaired) electrons. The van der Waals surface area contributed by atoms with E-state index in [1.165, 1.54) is 4.90 Å². The Morgan fingerprint density at radius 2 is 2.06 bits per heavy atom. The fraction of sp³-hybridized carbons (Fsp3) is 0.900. The summed E-state index contributed by atoms with van der Waals surface area (Å²) >= 11 is 0. The van der Waals surface area contributed by atoms with Crippen LogP contribution in [-0.2, 0) is 9.53 Å². The van der Waals surface area contributed by atoms with Crippen molar-refractivity contribution in [2.75, 3.05) is 6.54 Å². The van der Waals surface area contributed by atoms with Crippen molar-refractivity contribution < 1.29 is 22.7 Å². The van der Waals surface area contributed by atoms with Gasteiger partial charge in [0.2, 0.25) is 5.91 Å². The second-order valence-corrected chi connectivity index (χ2v) is 4.38. The lowest BCUT2D eigenvalue weighted by Gasteiger charge is -2.38. The molecule has 3 atom stereocenters. The molecule has 4 nitrogen and oxygen atoms in total. The molecule has 1 amide bonds. The molecule has 1 rings (SSSR count). The van der Waals surface area contributed by atoms with E-state index < -0.39 is 18.5 Å². The Morgan fingerprint density at radius 3 is 2.44 bits per heavy atom. The Kier molecular flexibility index (Phi) is 6.39. The number of likely N-dealkylation sites (tertiary alicyclic amines) is 1. The van der Waals surface area contributed by atoms with Gasteiger partial charge in [-0.25, -0.2) is 0 Å². The number of hydrogen-bond donors (Lipinski definition) is 1. The molecular weight excluding hydrogens is 273 g/mol. The Balaban J connectivity index is 0.00000289. The number of nitrogens with zero attached hydrogens (tertiary/aromatic N) is 1. The van der Waals surface area contributed by atoms with Gasteiger partial charge in [-0.2, -0.15) is 0 Å². The lowest BCUT2D eigenvalue weighted by molar-refractivity contribution is -0.346. The average molecular weight is 291 g/mol. The van der Waals surface area contributed by atoms with Gasteiger partial charge in [-0.15, -0.1) is 25.6 Å². The Bertz CT molecular complexity index is 287. The van der Waals surface area contributed by atoms with Gasteiger partial charge in [0.1, 0.15) is 0 Å². The number of carbonyl (C=O) groups excluding carboxylic acids is 1. The van der Waals surface area contributed by atoms with Crippen LogP contribution in [0, 0.1) is 0 Å². The number of carbonyl (C=O) groups is 1. The minimum Gasteiger partial charge on any atom is -0.338 e. The van der Waals surface area contributed by atoms with E-state index in [2.05, 4.69) is 4.74 Å². The van der Waals surface area contributed by atoms with Crippen molar-refractivity contribution in [3.05, 3.63) is 0 Å². The largest absolute Gasteiger partial charge is 0.522 e. The van der Waals surface area contributed by atoms with Gasteiger partial charge < -0.3 is 10.6 Å². The SMILES string of the molecule is C[C@@H]1C[C@H](OC(F)(F)F)CCN1C(=O)[C@@H](C)N.Cl. The normalized spacial score (nSPS) is 26.4. The van der Waals surface area contributed by atoms with Gasteiger partial charge in [0.15, 0.2) is 0 Å². The molecule has 0 aromatic carbocycles. The van der Waals surface area contributed by atoms with Crippen molar-refractivity contribution in [3.8, 4) is 0 Å². The van der Waals surface area contributed by atoms with Gasteiger partial charge in [-0.1, -0.05) is 0 Å². The molecule has 108 valence electrons. The molecule has 1 saturated heterocycles. The third kappa shape index (κ3) is 4.99. The standard InChI is InChI=1S/C10H17F3N2O2.ClH/c1-6-5-8(17-10(11,12)13)3-4-15(6)9(16)7(2)14;/h6-8H,3-5,14H2,1-2H3;1H/t6-,7-,8-;/m1./s1. The van der Waals surface area contributed by atoms with Crippen LogP contribution in [0.25, 0.3) is 0 Å². The molecule has 0 aromatic rings. The summed E-state index contributed by atoms with van der Waals surface area (Å²) in [5.41, 5.74) is 5.46. The van der Waals surface area contributed by atoms with Crippen molar-refractivity contribution >= 4 is 18.3 Å². The Morgan fingerprint density at radius 1 is 1.50 bits per heavy atom. The number of amides is 1. The second kappa shape index (κ2) is 6.58. The molecule has 0 spiro atoms.